The third kappa shape index (κ3) is 2.80. The van der Waals surface area contributed by atoms with Crippen molar-refractivity contribution < 1.29 is 0 Å². The van der Waals surface area contributed by atoms with Gasteiger partial charge in [0.1, 0.15) is 0 Å². The minimum atomic E-state index is -0.197. The standard InChI is InChI=1S/C8H12ClN9/c1-4(5-14-16-17-15-5)10-7-11-6(9)12-8(13-7)18(2)3/h4H,1-3H3,(H,10,11,12,13)(H,14,15,16,17). The van der Waals surface area contributed by atoms with Crippen molar-refractivity contribution in [2.75, 3.05) is 24.3 Å². The molecular formula is C8H12ClN9. The quantitative estimate of drug-likeness (QED) is 0.814. The SMILES string of the molecule is CC(Nc1nc(Cl)nc(N(C)C)n1)c1nn[nH]n1. The number of tetrazole rings is 1. The molecule has 0 saturated carbocycles. The van der Waals surface area contributed by atoms with Crippen LogP contribution < -0.4 is 10.2 Å². The molecule has 2 aromatic heterocycles. The van der Waals surface area contributed by atoms with E-state index in [1.54, 1.807) is 4.90 Å². The lowest BCUT2D eigenvalue weighted by molar-refractivity contribution is 0.776. The Morgan fingerprint density at radius 3 is 2.67 bits per heavy atom. The molecule has 9 nitrogen and oxygen atoms in total. The fourth-order valence-corrected chi connectivity index (χ4v) is 1.37. The summed E-state index contributed by atoms with van der Waals surface area (Å²) in [5.41, 5.74) is 0. The van der Waals surface area contributed by atoms with Crippen molar-refractivity contribution in [1.29, 1.82) is 0 Å². The van der Waals surface area contributed by atoms with Gasteiger partial charge in [0, 0.05) is 14.1 Å². The topological polar surface area (TPSA) is 108 Å². The second kappa shape index (κ2) is 5.08. The molecular weight excluding hydrogens is 258 g/mol. The Balaban J connectivity index is 2.18. The van der Waals surface area contributed by atoms with Crippen molar-refractivity contribution in [3.63, 3.8) is 0 Å². The van der Waals surface area contributed by atoms with Crippen molar-refractivity contribution in [2.24, 2.45) is 0 Å². The Bertz CT molecular complexity index is 511. The van der Waals surface area contributed by atoms with Crippen LogP contribution in [0.3, 0.4) is 0 Å². The number of anilines is 2. The van der Waals surface area contributed by atoms with Crippen LogP contribution in [-0.2, 0) is 0 Å². The van der Waals surface area contributed by atoms with E-state index in [0.717, 1.165) is 0 Å². The van der Waals surface area contributed by atoms with Crippen molar-refractivity contribution in [2.45, 2.75) is 13.0 Å². The van der Waals surface area contributed by atoms with E-state index < -0.39 is 0 Å². The van der Waals surface area contributed by atoms with Crippen LogP contribution in [0.1, 0.15) is 18.8 Å². The summed E-state index contributed by atoms with van der Waals surface area (Å²) < 4.78 is 0. The monoisotopic (exact) mass is 269 g/mol. The molecule has 1 unspecified atom stereocenters. The lowest BCUT2D eigenvalue weighted by Gasteiger charge is -2.13. The van der Waals surface area contributed by atoms with Crippen LogP contribution in [0, 0.1) is 0 Å². The van der Waals surface area contributed by atoms with Gasteiger partial charge in [-0.2, -0.15) is 20.2 Å². The van der Waals surface area contributed by atoms with Crippen LogP contribution >= 0.6 is 11.6 Å². The molecule has 0 aliphatic carbocycles. The number of hydrogen-bond donors (Lipinski definition) is 2. The minimum Gasteiger partial charge on any atom is -0.347 e. The number of nitrogens with zero attached hydrogens (tertiary/aromatic N) is 7. The fourth-order valence-electron chi connectivity index (χ4n) is 1.22. The summed E-state index contributed by atoms with van der Waals surface area (Å²) in [5, 5.41) is 16.7. The van der Waals surface area contributed by atoms with Gasteiger partial charge in [0.15, 0.2) is 5.82 Å². The van der Waals surface area contributed by atoms with Crippen LogP contribution in [0.25, 0.3) is 0 Å². The third-order valence-corrected chi connectivity index (χ3v) is 2.26. The first-order valence-corrected chi connectivity index (χ1v) is 5.53. The van der Waals surface area contributed by atoms with Crippen LogP contribution in [-0.4, -0.2) is 49.7 Å². The molecule has 0 bridgehead atoms. The van der Waals surface area contributed by atoms with Crippen molar-refractivity contribution >= 4 is 23.5 Å². The molecule has 0 fully saturated rings. The highest BCUT2D eigenvalue weighted by Gasteiger charge is 2.13. The molecule has 18 heavy (non-hydrogen) atoms. The van der Waals surface area contributed by atoms with Crippen molar-refractivity contribution in [1.82, 2.24) is 35.6 Å². The molecule has 0 radical (unpaired) electrons. The normalized spacial score (nSPS) is 12.2. The Labute approximate surface area is 108 Å². The van der Waals surface area contributed by atoms with Gasteiger partial charge in [-0.1, -0.05) is 5.21 Å². The largest absolute Gasteiger partial charge is 0.347 e. The predicted molar refractivity (Wildman–Crippen MR) is 65.4 cm³/mol. The number of nitrogens with one attached hydrogen (secondary N) is 2. The smallest absolute Gasteiger partial charge is 0.230 e. The molecule has 0 aliphatic heterocycles. The van der Waals surface area contributed by atoms with E-state index in [-0.39, 0.29) is 11.3 Å². The lowest BCUT2D eigenvalue weighted by Crippen LogP contribution is -2.17. The molecule has 2 heterocycles. The number of halogens is 1. The molecule has 0 aliphatic rings. The second-order valence-corrected chi connectivity index (χ2v) is 4.10. The first kappa shape index (κ1) is 12.4. The van der Waals surface area contributed by atoms with Gasteiger partial charge in [0.05, 0.1) is 6.04 Å². The molecule has 10 heteroatoms. The maximum atomic E-state index is 5.82. The maximum absolute atomic E-state index is 5.82. The average Bonchev–Trinajstić information content (AvgIpc) is 2.81. The van der Waals surface area contributed by atoms with E-state index in [2.05, 4.69) is 40.9 Å². The van der Waals surface area contributed by atoms with Crippen molar-refractivity contribution in [3.8, 4) is 0 Å². The zero-order valence-corrected chi connectivity index (χ0v) is 10.8. The highest BCUT2D eigenvalue weighted by Crippen LogP contribution is 2.15. The number of hydrogen-bond acceptors (Lipinski definition) is 8. The highest BCUT2D eigenvalue weighted by molar-refractivity contribution is 6.28. The highest BCUT2D eigenvalue weighted by atomic mass is 35.5. The molecule has 0 aromatic carbocycles. The lowest BCUT2D eigenvalue weighted by atomic mass is 10.3. The molecule has 2 N–H and O–H groups in total. The van der Waals surface area contributed by atoms with Gasteiger partial charge in [0.2, 0.25) is 17.2 Å². The Morgan fingerprint density at radius 1 is 1.28 bits per heavy atom. The first-order valence-electron chi connectivity index (χ1n) is 5.15. The first-order chi connectivity index (χ1) is 8.56. The summed E-state index contributed by atoms with van der Waals surface area (Å²) in [6, 6.07) is -0.197. The van der Waals surface area contributed by atoms with Gasteiger partial charge in [-0.05, 0) is 18.5 Å². The van der Waals surface area contributed by atoms with Gasteiger partial charge in [-0.15, -0.1) is 10.2 Å². The average molecular weight is 270 g/mol. The van der Waals surface area contributed by atoms with Gasteiger partial charge < -0.3 is 10.2 Å². The van der Waals surface area contributed by atoms with Gasteiger partial charge in [-0.3, -0.25) is 0 Å². The number of aromatic nitrogens is 7. The van der Waals surface area contributed by atoms with Crippen LogP contribution in [0.2, 0.25) is 5.28 Å². The van der Waals surface area contributed by atoms with Crippen molar-refractivity contribution in [3.05, 3.63) is 11.1 Å². The van der Waals surface area contributed by atoms with Crippen LogP contribution in [0.4, 0.5) is 11.9 Å². The van der Waals surface area contributed by atoms with E-state index >= 15 is 0 Å². The molecule has 0 saturated heterocycles. The zero-order valence-electron chi connectivity index (χ0n) is 10.1. The second-order valence-electron chi connectivity index (χ2n) is 3.76. The van der Waals surface area contributed by atoms with E-state index in [9.17, 15) is 0 Å². The van der Waals surface area contributed by atoms with Crippen LogP contribution in [0.5, 0.6) is 0 Å². The van der Waals surface area contributed by atoms with E-state index in [1.807, 2.05) is 21.0 Å². The summed E-state index contributed by atoms with van der Waals surface area (Å²) in [7, 11) is 3.64. The molecule has 1 atom stereocenters. The van der Waals surface area contributed by atoms with Gasteiger partial charge in [-0.25, -0.2) is 0 Å². The number of rotatable bonds is 4. The summed E-state index contributed by atoms with van der Waals surface area (Å²) in [5.74, 6) is 1.34. The minimum absolute atomic E-state index is 0.122. The van der Waals surface area contributed by atoms with E-state index in [0.29, 0.717) is 17.7 Å². The predicted octanol–water partition coefficient (Wildman–Crippen LogP) is 0.277. The Morgan fingerprint density at radius 2 is 2.06 bits per heavy atom. The van der Waals surface area contributed by atoms with Crippen LogP contribution in [0.15, 0.2) is 0 Å². The fraction of sp³-hybridized carbons (Fsp3) is 0.500. The van der Waals surface area contributed by atoms with Gasteiger partial charge in [0.25, 0.3) is 0 Å². The van der Waals surface area contributed by atoms with Gasteiger partial charge >= 0.3 is 0 Å². The number of aromatic amines is 1. The summed E-state index contributed by atoms with van der Waals surface area (Å²) in [6.45, 7) is 1.86. The molecule has 0 spiro atoms. The van der Waals surface area contributed by atoms with E-state index in [1.165, 1.54) is 0 Å². The summed E-state index contributed by atoms with van der Waals surface area (Å²) in [6.07, 6.45) is 0. The Hall–Kier alpha value is -2.03. The number of H-pyrrole nitrogens is 1. The third-order valence-electron chi connectivity index (χ3n) is 2.09. The summed E-state index contributed by atoms with van der Waals surface area (Å²) in [4.78, 5) is 13.9. The maximum Gasteiger partial charge on any atom is 0.230 e. The molecule has 96 valence electrons. The molecule has 0 amide bonds. The molecule has 2 rings (SSSR count). The molecule has 2 aromatic rings. The van der Waals surface area contributed by atoms with E-state index in [4.69, 9.17) is 11.6 Å². The zero-order chi connectivity index (χ0) is 13.1. The summed E-state index contributed by atoms with van der Waals surface area (Å²) >= 11 is 5.82. The Kier molecular flexibility index (Phi) is 3.51.